The first-order valence-electron chi connectivity index (χ1n) is 8.70. The zero-order chi connectivity index (χ0) is 21.2. The molecule has 0 aromatic heterocycles. The molecular formula is C20H20ClN3O5. The van der Waals surface area contributed by atoms with Gasteiger partial charge in [0.15, 0.2) is 0 Å². The highest BCUT2D eigenvalue weighted by atomic mass is 35.5. The summed E-state index contributed by atoms with van der Waals surface area (Å²) in [6, 6.07) is 10.8. The van der Waals surface area contributed by atoms with Crippen molar-refractivity contribution < 1.29 is 23.9 Å². The Morgan fingerprint density at radius 1 is 1.10 bits per heavy atom. The summed E-state index contributed by atoms with van der Waals surface area (Å²) >= 11 is 5.89. The third kappa shape index (κ3) is 4.12. The molecule has 2 aromatic rings. The van der Waals surface area contributed by atoms with Crippen molar-refractivity contribution in [2.24, 2.45) is 0 Å². The maximum Gasteiger partial charge on any atom is 0.325 e. The van der Waals surface area contributed by atoms with Gasteiger partial charge in [0.25, 0.3) is 5.91 Å². The molecule has 1 fully saturated rings. The molecule has 0 bridgehead atoms. The van der Waals surface area contributed by atoms with Gasteiger partial charge in [-0.25, -0.2) is 4.79 Å². The molecule has 152 valence electrons. The molecule has 0 saturated carbocycles. The van der Waals surface area contributed by atoms with Crippen LogP contribution in [0.25, 0.3) is 0 Å². The Morgan fingerprint density at radius 3 is 2.24 bits per heavy atom. The van der Waals surface area contributed by atoms with Crippen molar-refractivity contribution in [2.45, 2.75) is 12.5 Å². The lowest BCUT2D eigenvalue weighted by Gasteiger charge is -2.22. The smallest absolute Gasteiger partial charge is 0.325 e. The van der Waals surface area contributed by atoms with E-state index < -0.39 is 29.9 Å². The van der Waals surface area contributed by atoms with Gasteiger partial charge in [0, 0.05) is 28.9 Å². The third-order valence-electron chi connectivity index (χ3n) is 4.63. The molecular weight excluding hydrogens is 398 g/mol. The van der Waals surface area contributed by atoms with Crippen LogP contribution in [0.2, 0.25) is 5.02 Å². The van der Waals surface area contributed by atoms with Crippen LogP contribution < -0.4 is 20.1 Å². The lowest BCUT2D eigenvalue weighted by molar-refractivity contribution is -0.133. The third-order valence-corrected chi connectivity index (χ3v) is 4.89. The van der Waals surface area contributed by atoms with Crippen LogP contribution in [-0.4, -0.2) is 43.5 Å². The number of hydrogen-bond donors (Lipinski definition) is 2. The topological polar surface area (TPSA) is 97.0 Å². The molecule has 0 radical (unpaired) electrons. The summed E-state index contributed by atoms with van der Waals surface area (Å²) in [6.07, 6.45) is 0. The summed E-state index contributed by atoms with van der Waals surface area (Å²) < 4.78 is 10.3. The largest absolute Gasteiger partial charge is 0.497 e. The minimum atomic E-state index is -1.28. The quantitative estimate of drug-likeness (QED) is 0.704. The average molecular weight is 418 g/mol. The number of rotatable bonds is 6. The number of nitrogens with one attached hydrogen (secondary N) is 2. The van der Waals surface area contributed by atoms with Gasteiger partial charge in [0.1, 0.15) is 23.6 Å². The highest BCUT2D eigenvalue weighted by molar-refractivity contribution is 6.30. The van der Waals surface area contributed by atoms with Crippen LogP contribution in [0, 0.1) is 0 Å². The van der Waals surface area contributed by atoms with E-state index in [1.807, 2.05) is 0 Å². The van der Waals surface area contributed by atoms with Gasteiger partial charge in [-0.2, -0.15) is 0 Å². The summed E-state index contributed by atoms with van der Waals surface area (Å²) in [5.41, 5.74) is -0.291. The minimum Gasteiger partial charge on any atom is -0.497 e. The molecule has 3 rings (SSSR count). The van der Waals surface area contributed by atoms with Gasteiger partial charge in [-0.05, 0) is 24.6 Å². The normalized spacial score (nSPS) is 18.4. The van der Waals surface area contributed by atoms with Gasteiger partial charge >= 0.3 is 6.03 Å². The van der Waals surface area contributed by atoms with Crippen LogP contribution in [0.15, 0.2) is 42.5 Å². The minimum absolute atomic E-state index is 0.415. The number of imide groups is 1. The Labute approximate surface area is 172 Å². The Bertz CT molecular complexity index is 941. The Hall–Kier alpha value is -3.26. The number of nitrogens with zero attached hydrogens (tertiary/aromatic N) is 1. The molecule has 1 heterocycles. The molecule has 2 N–H and O–H groups in total. The number of anilines is 1. The highest BCUT2D eigenvalue weighted by Crippen LogP contribution is 2.30. The summed E-state index contributed by atoms with van der Waals surface area (Å²) in [5.74, 6) is -0.0812. The van der Waals surface area contributed by atoms with Crippen LogP contribution >= 0.6 is 11.6 Å². The van der Waals surface area contributed by atoms with E-state index >= 15 is 0 Å². The summed E-state index contributed by atoms with van der Waals surface area (Å²) in [7, 11) is 2.98. The van der Waals surface area contributed by atoms with E-state index in [0.29, 0.717) is 27.8 Å². The summed E-state index contributed by atoms with van der Waals surface area (Å²) in [4.78, 5) is 38.6. The highest BCUT2D eigenvalue weighted by Gasteiger charge is 2.49. The summed E-state index contributed by atoms with van der Waals surface area (Å²) in [6.45, 7) is 1.15. The van der Waals surface area contributed by atoms with Crippen molar-refractivity contribution in [1.82, 2.24) is 10.2 Å². The van der Waals surface area contributed by atoms with E-state index in [9.17, 15) is 14.4 Å². The number of carbonyl (C=O) groups excluding carboxylic acids is 3. The lowest BCUT2D eigenvalue weighted by atomic mass is 9.92. The number of methoxy groups -OCH3 is 2. The van der Waals surface area contributed by atoms with Gasteiger partial charge in [-0.3, -0.25) is 14.5 Å². The molecule has 1 aliphatic rings. The van der Waals surface area contributed by atoms with Gasteiger partial charge in [0.05, 0.1) is 14.2 Å². The molecule has 9 heteroatoms. The van der Waals surface area contributed by atoms with Crippen LogP contribution in [0.5, 0.6) is 11.5 Å². The molecule has 1 aliphatic heterocycles. The molecule has 4 amide bonds. The van der Waals surface area contributed by atoms with Gasteiger partial charge in [0.2, 0.25) is 5.91 Å². The monoisotopic (exact) mass is 417 g/mol. The van der Waals surface area contributed by atoms with E-state index in [1.54, 1.807) is 49.4 Å². The molecule has 0 spiro atoms. The van der Waals surface area contributed by atoms with Crippen LogP contribution in [0.3, 0.4) is 0 Å². The molecule has 2 aromatic carbocycles. The zero-order valence-corrected chi connectivity index (χ0v) is 16.9. The molecule has 1 unspecified atom stereocenters. The predicted molar refractivity (Wildman–Crippen MR) is 107 cm³/mol. The molecule has 1 saturated heterocycles. The number of ether oxygens (including phenoxy) is 2. The number of amides is 4. The van der Waals surface area contributed by atoms with Crippen LogP contribution in [-0.2, 0) is 15.1 Å². The standard InChI is InChI=1S/C20H20ClN3O5/c1-20(12-4-6-13(21)7-5-12)18(26)24(19(27)23-20)11-17(25)22-14-8-15(28-2)10-16(9-14)29-3/h4-10H,11H2,1-3H3,(H,22,25)(H,23,27). The maximum absolute atomic E-state index is 12.9. The average Bonchev–Trinajstić information content (AvgIpc) is 2.91. The van der Waals surface area contributed by atoms with E-state index in [1.165, 1.54) is 14.2 Å². The summed E-state index contributed by atoms with van der Waals surface area (Å²) in [5, 5.41) is 5.80. The van der Waals surface area contributed by atoms with E-state index in [2.05, 4.69) is 10.6 Å². The van der Waals surface area contributed by atoms with Crippen molar-refractivity contribution in [2.75, 3.05) is 26.1 Å². The van der Waals surface area contributed by atoms with Crippen LogP contribution in [0.4, 0.5) is 10.5 Å². The first-order chi connectivity index (χ1) is 13.8. The Morgan fingerprint density at radius 2 is 1.69 bits per heavy atom. The second kappa shape index (κ2) is 8.00. The van der Waals surface area contributed by atoms with Gasteiger partial charge in [-0.15, -0.1) is 0 Å². The fourth-order valence-corrected chi connectivity index (χ4v) is 3.17. The van der Waals surface area contributed by atoms with Crippen molar-refractivity contribution in [3.8, 4) is 11.5 Å². The van der Waals surface area contributed by atoms with E-state index in [0.717, 1.165) is 4.90 Å². The lowest BCUT2D eigenvalue weighted by Crippen LogP contribution is -2.42. The zero-order valence-electron chi connectivity index (χ0n) is 16.1. The Balaban J connectivity index is 1.75. The fraction of sp³-hybridized carbons (Fsp3) is 0.250. The number of benzene rings is 2. The van der Waals surface area contributed by atoms with Crippen LogP contribution in [0.1, 0.15) is 12.5 Å². The van der Waals surface area contributed by atoms with Crippen molar-refractivity contribution in [3.63, 3.8) is 0 Å². The van der Waals surface area contributed by atoms with Gasteiger partial charge in [-0.1, -0.05) is 23.7 Å². The second-order valence-electron chi connectivity index (χ2n) is 6.60. The van der Waals surface area contributed by atoms with Crippen molar-refractivity contribution in [3.05, 3.63) is 53.1 Å². The number of carbonyl (C=O) groups is 3. The second-order valence-corrected chi connectivity index (χ2v) is 7.04. The van der Waals surface area contributed by atoms with Crippen molar-refractivity contribution in [1.29, 1.82) is 0 Å². The maximum atomic E-state index is 12.9. The first-order valence-corrected chi connectivity index (χ1v) is 9.07. The van der Waals surface area contributed by atoms with Crippen molar-refractivity contribution >= 4 is 35.1 Å². The molecule has 8 nitrogen and oxygen atoms in total. The SMILES string of the molecule is COc1cc(NC(=O)CN2C(=O)NC(C)(c3ccc(Cl)cc3)C2=O)cc(OC)c1. The first kappa shape index (κ1) is 20.5. The Kier molecular flexibility index (Phi) is 5.65. The molecule has 29 heavy (non-hydrogen) atoms. The van der Waals surface area contributed by atoms with E-state index in [-0.39, 0.29) is 0 Å². The predicted octanol–water partition coefficient (Wildman–Crippen LogP) is 2.76. The molecule has 1 atom stereocenters. The molecule has 0 aliphatic carbocycles. The fourth-order valence-electron chi connectivity index (χ4n) is 3.04. The number of hydrogen-bond acceptors (Lipinski definition) is 5. The number of halogens is 1. The van der Waals surface area contributed by atoms with E-state index in [4.69, 9.17) is 21.1 Å². The van der Waals surface area contributed by atoms with Gasteiger partial charge < -0.3 is 20.1 Å². The number of urea groups is 1.